The molecule has 0 aromatic heterocycles. The van der Waals surface area contributed by atoms with Crippen LogP contribution in [0.1, 0.15) is 71.6 Å². The molecule has 0 aliphatic heterocycles. The first-order valence-electron chi connectivity index (χ1n) is 7.01. The minimum atomic E-state index is -1.52. The molecule has 0 saturated carbocycles. The predicted molar refractivity (Wildman–Crippen MR) is 70.4 cm³/mol. The number of hydrogen-bond donors (Lipinski definition) is 1. The van der Waals surface area contributed by atoms with Crippen molar-refractivity contribution in [2.45, 2.75) is 77.7 Å². The maximum atomic E-state index is 10.8. The smallest absolute Gasteiger partial charge is 0.417 e. The summed E-state index contributed by atoms with van der Waals surface area (Å²) < 4.78 is 4.73. The number of carbonyl (C=O) groups excluding carboxylic acids is 1. The highest BCUT2D eigenvalue weighted by atomic mass is 16.6. The largest absolute Gasteiger partial charge is 0.473 e. The second-order valence-electron chi connectivity index (χ2n) is 4.78. The molecule has 0 fully saturated rings. The van der Waals surface area contributed by atoms with Crippen LogP contribution in [0.15, 0.2) is 0 Å². The summed E-state index contributed by atoms with van der Waals surface area (Å²) in [5.74, 6) is -2.67. The molecular formula is C14H26O4. The Morgan fingerprint density at radius 2 is 1.50 bits per heavy atom. The summed E-state index contributed by atoms with van der Waals surface area (Å²) in [7, 11) is 0. The second kappa shape index (κ2) is 11.1. The highest BCUT2D eigenvalue weighted by Gasteiger charge is 2.16. The third kappa shape index (κ3) is 10.1. The summed E-state index contributed by atoms with van der Waals surface area (Å²) in [5, 5.41) is 8.37. The van der Waals surface area contributed by atoms with Crippen molar-refractivity contribution in [2.75, 3.05) is 0 Å². The number of unbranched alkanes of at least 4 members (excludes halogenated alkanes) is 7. The lowest BCUT2D eigenvalue weighted by Crippen LogP contribution is -2.22. The molecule has 0 rings (SSSR count). The van der Waals surface area contributed by atoms with Gasteiger partial charge in [-0.15, -0.1) is 0 Å². The summed E-state index contributed by atoms with van der Waals surface area (Å²) in [6, 6.07) is 0. The van der Waals surface area contributed by atoms with Crippen LogP contribution in [0.25, 0.3) is 0 Å². The predicted octanol–water partition coefficient (Wildman–Crippen LogP) is 3.53. The summed E-state index contributed by atoms with van der Waals surface area (Å²) in [5.41, 5.74) is 0. The average molecular weight is 258 g/mol. The van der Waals surface area contributed by atoms with Gasteiger partial charge in [0.25, 0.3) is 0 Å². The van der Waals surface area contributed by atoms with E-state index in [-0.39, 0.29) is 6.10 Å². The lowest BCUT2D eigenvalue weighted by Gasteiger charge is -2.11. The molecule has 18 heavy (non-hydrogen) atoms. The molecule has 0 amide bonds. The highest BCUT2D eigenvalue weighted by Crippen LogP contribution is 2.11. The van der Waals surface area contributed by atoms with Crippen molar-refractivity contribution >= 4 is 11.9 Å². The van der Waals surface area contributed by atoms with E-state index in [1.165, 1.54) is 38.5 Å². The minimum Gasteiger partial charge on any atom is -0.473 e. The fourth-order valence-electron chi connectivity index (χ4n) is 1.86. The standard InChI is InChI=1S/C14H26O4/c1-3-4-5-6-7-8-9-10-11-12(2)18-14(17)13(15)16/h12H,3-11H2,1-2H3,(H,15,16). The van der Waals surface area contributed by atoms with E-state index in [1.807, 2.05) is 0 Å². The van der Waals surface area contributed by atoms with Crippen molar-refractivity contribution in [1.82, 2.24) is 0 Å². The number of esters is 1. The number of hydrogen-bond acceptors (Lipinski definition) is 3. The van der Waals surface area contributed by atoms with E-state index >= 15 is 0 Å². The Balaban J connectivity index is 3.32. The molecule has 0 radical (unpaired) electrons. The van der Waals surface area contributed by atoms with Gasteiger partial charge in [0.2, 0.25) is 0 Å². The van der Waals surface area contributed by atoms with Gasteiger partial charge in [-0.1, -0.05) is 51.9 Å². The van der Waals surface area contributed by atoms with Gasteiger partial charge >= 0.3 is 11.9 Å². The SMILES string of the molecule is CCCCCCCCCCC(C)OC(=O)C(=O)O. The fourth-order valence-corrected chi connectivity index (χ4v) is 1.86. The van der Waals surface area contributed by atoms with Crippen molar-refractivity contribution in [3.63, 3.8) is 0 Å². The molecule has 4 nitrogen and oxygen atoms in total. The molecule has 0 aromatic carbocycles. The summed E-state index contributed by atoms with van der Waals surface area (Å²) in [4.78, 5) is 21.0. The number of carbonyl (C=O) groups is 2. The summed E-state index contributed by atoms with van der Waals surface area (Å²) in [6.45, 7) is 3.95. The molecule has 0 aliphatic rings. The van der Waals surface area contributed by atoms with E-state index in [9.17, 15) is 9.59 Å². The zero-order valence-corrected chi connectivity index (χ0v) is 11.6. The van der Waals surface area contributed by atoms with E-state index < -0.39 is 11.9 Å². The van der Waals surface area contributed by atoms with Gasteiger partial charge in [-0.2, -0.15) is 0 Å². The summed E-state index contributed by atoms with van der Waals surface area (Å²) >= 11 is 0. The number of carboxylic acids is 1. The molecule has 0 aromatic rings. The second-order valence-corrected chi connectivity index (χ2v) is 4.78. The molecule has 1 N–H and O–H groups in total. The lowest BCUT2D eigenvalue weighted by atomic mass is 10.1. The number of aliphatic carboxylic acids is 1. The van der Waals surface area contributed by atoms with Gasteiger partial charge in [0.05, 0.1) is 6.10 Å². The molecular weight excluding hydrogens is 232 g/mol. The van der Waals surface area contributed by atoms with Crippen molar-refractivity contribution in [3.05, 3.63) is 0 Å². The van der Waals surface area contributed by atoms with Crippen molar-refractivity contribution in [3.8, 4) is 0 Å². The molecule has 0 bridgehead atoms. The number of ether oxygens (including phenoxy) is 1. The molecule has 106 valence electrons. The van der Waals surface area contributed by atoms with Crippen LogP contribution < -0.4 is 0 Å². The van der Waals surface area contributed by atoms with Crippen LogP contribution in [0.4, 0.5) is 0 Å². The third-order valence-electron chi connectivity index (χ3n) is 2.95. The molecule has 0 spiro atoms. The molecule has 4 heteroatoms. The van der Waals surface area contributed by atoms with E-state index in [4.69, 9.17) is 9.84 Å². The van der Waals surface area contributed by atoms with E-state index in [0.29, 0.717) is 0 Å². The fraction of sp³-hybridized carbons (Fsp3) is 0.857. The van der Waals surface area contributed by atoms with E-state index in [2.05, 4.69) is 6.92 Å². The van der Waals surface area contributed by atoms with Crippen LogP contribution in [0.2, 0.25) is 0 Å². The van der Waals surface area contributed by atoms with Gasteiger partial charge in [-0.05, 0) is 19.8 Å². The van der Waals surface area contributed by atoms with Gasteiger partial charge in [-0.25, -0.2) is 9.59 Å². The van der Waals surface area contributed by atoms with Gasteiger partial charge in [-0.3, -0.25) is 0 Å². The third-order valence-corrected chi connectivity index (χ3v) is 2.95. The molecule has 0 heterocycles. The Bertz CT molecular complexity index is 238. The first kappa shape index (κ1) is 16.9. The molecule has 0 aliphatic carbocycles. The Hall–Kier alpha value is -1.06. The van der Waals surface area contributed by atoms with Crippen molar-refractivity contribution in [1.29, 1.82) is 0 Å². The topological polar surface area (TPSA) is 63.6 Å². The summed E-state index contributed by atoms with van der Waals surface area (Å²) in [6.07, 6.45) is 10.3. The van der Waals surface area contributed by atoms with Crippen LogP contribution >= 0.6 is 0 Å². The number of rotatable bonds is 10. The van der Waals surface area contributed by atoms with E-state index in [1.54, 1.807) is 6.92 Å². The zero-order valence-electron chi connectivity index (χ0n) is 11.6. The van der Waals surface area contributed by atoms with Gasteiger partial charge in [0.15, 0.2) is 0 Å². The van der Waals surface area contributed by atoms with Crippen LogP contribution in [0.5, 0.6) is 0 Å². The quantitative estimate of drug-likeness (QED) is 0.370. The van der Waals surface area contributed by atoms with Crippen molar-refractivity contribution < 1.29 is 19.4 Å². The first-order chi connectivity index (χ1) is 8.57. The molecule has 1 atom stereocenters. The minimum absolute atomic E-state index is 0.298. The Morgan fingerprint density at radius 1 is 1.00 bits per heavy atom. The van der Waals surface area contributed by atoms with Crippen molar-refractivity contribution in [2.24, 2.45) is 0 Å². The van der Waals surface area contributed by atoms with Gasteiger partial charge < -0.3 is 9.84 Å². The Kier molecular flexibility index (Phi) is 10.4. The lowest BCUT2D eigenvalue weighted by molar-refractivity contribution is -0.167. The van der Waals surface area contributed by atoms with Crippen LogP contribution in [-0.4, -0.2) is 23.1 Å². The first-order valence-corrected chi connectivity index (χ1v) is 7.01. The zero-order chi connectivity index (χ0) is 13.8. The number of carboxylic acid groups (broad SMARTS) is 1. The van der Waals surface area contributed by atoms with Gasteiger partial charge in [0.1, 0.15) is 0 Å². The van der Waals surface area contributed by atoms with Crippen LogP contribution in [-0.2, 0) is 14.3 Å². The average Bonchev–Trinajstić information content (AvgIpc) is 2.32. The van der Waals surface area contributed by atoms with Crippen LogP contribution in [0, 0.1) is 0 Å². The maximum Gasteiger partial charge on any atom is 0.417 e. The highest BCUT2D eigenvalue weighted by molar-refractivity contribution is 6.28. The normalized spacial score (nSPS) is 12.1. The monoisotopic (exact) mass is 258 g/mol. The van der Waals surface area contributed by atoms with Crippen LogP contribution in [0.3, 0.4) is 0 Å². The molecule has 1 unspecified atom stereocenters. The van der Waals surface area contributed by atoms with E-state index in [0.717, 1.165) is 19.3 Å². The van der Waals surface area contributed by atoms with Gasteiger partial charge in [0, 0.05) is 0 Å². The maximum absolute atomic E-state index is 10.8. The Morgan fingerprint density at radius 3 is 2.00 bits per heavy atom. The Labute approximate surface area is 110 Å². The molecule has 0 saturated heterocycles.